The molecule has 22 heavy (non-hydrogen) atoms. The third-order valence-electron chi connectivity index (χ3n) is 3.13. The van der Waals surface area contributed by atoms with Crippen molar-refractivity contribution in [1.29, 1.82) is 0 Å². The van der Waals surface area contributed by atoms with E-state index < -0.39 is 11.7 Å². The molecule has 124 valence electrons. The average Bonchev–Trinajstić information content (AvgIpc) is 2.44. The summed E-state index contributed by atoms with van der Waals surface area (Å²) in [6.45, 7) is 10.1. The van der Waals surface area contributed by atoms with Crippen molar-refractivity contribution >= 4 is 17.9 Å². The highest BCUT2D eigenvalue weighted by Crippen LogP contribution is 2.13. The Bertz CT molecular complexity index is 456. The molecule has 0 atom stereocenters. The Morgan fingerprint density at radius 3 is 2.36 bits per heavy atom. The van der Waals surface area contributed by atoms with Crippen molar-refractivity contribution in [2.45, 2.75) is 32.8 Å². The van der Waals surface area contributed by atoms with Crippen LogP contribution in [0.4, 0.5) is 4.79 Å². The Morgan fingerprint density at radius 2 is 1.82 bits per heavy atom. The molecule has 1 rings (SSSR count). The number of hydrogen-bond donors (Lipinski definition) is 0. The Balaban J connectivity index is 2.59. The quantitative estimate of drug-likeness (QED) is 0.731. The fourth-order valence-electron chi connectivity index (χ4n) is 2.02. The summed E-state index contributed by atoms with van der Waals surface area (Å²) in [5.74, 6) is -0.514. The molecule has 0 N–H and O–H groups in total. The van der Waals surface area contributed by atoms with Crippen LogP contribution < -0.4 is 0 Å². The highest BCUT2D eigenvalue weighted by atomic mass is 16.6. The van der Waals surface area contributed by atoms with Crippen LogP contribution in [0.15, 0.2) is 12.7 Å². The summed E-state index contributed by atoms with van der Waals surface area (Å²) in [5.41, 5.74) is -0.569. The second-order valence-corrected chi connectivity index (χ2v) is 6.29. The van der Waals surface area contributed by atoms with Crippen LogP contribution in [0.2, 0.25) is 0 Å². The van der Waals surface area contributed by atoms with E-state index in [9.17, 15) is 14.4 Å². The Labute approximate surface area is 131 Å². The van der Waals surface area contributed by atoms with Crippen LogP contribution >= 0.6 is 0 Å². The van der Waals surface area contributed by atoms with Crippen molar-refractivity contribution in [3.63, 3.8) is 0 Å². The van der Waals surface area contributed by atoms with Gasteiger partial charge in [0.1, 0.15) is 5.60 Å². The van der Waals surface area contributed by atoms with Crippen LogP contribution in [0.3, 0.4) is 0 Å². The monoisotopic (exact) mass is 311 g/mol. The molecule has 3 amide bonds. The predicted molar refractivity (Wildman–Crippen MR) is 82.0 cm³/mol. The molecule has 0 bridgehead atoms. The summed E-state index contributed by atoms with van der Waals surface area (Å²) < 4.78 is 5.31. The Kier molecular flexibility index (Phi) is 5.96. The summed E-state index contributed by atoms with van der Waals surface area (Å²) in [7, 11) is 1.54. The number of likely N-dealkylation sites (N-methyl/N-ethyl adjacent to an activating group) is 1. The molecule has 7 nitrogen and oxygen atoms in total. The zero-order valence-electron chi connectivity index (χ0n) is 13.8. The van der Waals surface area contributed by atoms with Crippen LogP contribution in [0, 0.1) is 0 Å². The third kappa shape index (κ3) is 5.38. The molecule has 0 unspecified atom stereocenters. The molecule has 1 heterocycles. The molecule has 1 aliphatic heterocycles. The molecule has 0 saturated carbocycles. The van der Waals surface area contributed by atoms with Gasteiger partial charge in [0.05, 0.1) is 13.2 Å². The smallest absolute Gasteiger partial charge is 0.411 e. The van der Waals surface area contributed by atoms with Crippen molar-refractivity contribution in [3.8, 4) is 0 Å². The minimum absolute atomic E-state index is 0.0347. The molecule has 0 aromatic rings. The standard InChI is InChI=1S/C15H25N3O4/c1-6-12(19)16(5)10-13(20)17-8-7-9-18(11-17)14(21)22-15(2,3)4/h6H,1,7-11H2,2-5H3. The summed E-state index contributed by atoms with van der Waals surface area (Å²) in [6.07, 6.45) is 1.42. The number of nitrogens with zero attached hydrogens (tertiary/aromatic N) is 3. The van der Waals surface area contributed by atoms with Crippen LogP contribution in [0.1, 0.15) is 27.2 Å². The second kappa shape index (κ2) is 7.29. The van der Waals surface area contributed by atoms with Crippen LogP contribution in [-0.4, -0.2) is 71.6 Å². The Hall–Kier alpha value is -2.05. The maximum Gasteiger partial charge on any atom is 0.411 e. The average molecular weight is 311 g/mol. The van der Waals surface area contributed by atoms with Crippen molar-refractivity contribution < 1.29 is 19.1 Å². The van der Waals surface area contributed by atoms with E-state index >= 15 is 0 Å². The number of carbonyl (C=O) groups is 3. The van der Waals surface area contributed by atoms with Gasteiger partial charge in [0.2, 0.25) is 11.8 Å². The van der Waals surface area contributed by atoms with Gasteiger partial charge in [-0.1, -0.05) is 6.58 Å². The van der Waals surface area contributed by atoms with Crippen LogP contribution in [0.25, 0.3) is 0 Å². The maximum atomic E-state index is 12.2. The van der Waals surface area contributed by atoms with Gasteiger partial charge in [-0.15, -0.1) is 0 Å². The van der Waals surface area contributed by atoms with E-state index in [1.165, 1.54) is 16.8 Å². The molecule has 1 fully saturated rings. The molecule has 1 saturated heterocycles. The first-order valence-corrected chi connectivity index (χ1v) is 7.27. The number of ether oxygens (including phenoxy) is 1. The van der Waals surface area contributed by atoms with E-state index in [0.717, 1.165) is 6.08 Å². The number of amides is 3. The van der Waals surface area contributed by atoms with Crippen LogP contribution in [0.5, 0.6) is 0 Å². The lowest BCUT2D eigenvalue weighted by Crippen LogP contribution is -2.52. The van der Waals surface area contributed by atoms with Crippen molar-refractivity contribution in [3.05, 3.63) is 12.7 Å². The summed E-state index contributed by atoms with van der Waals surface area (Å²) in [4.78, 5) is 40.0. The third-order valence-corrected chi connectivity index (χ3v) is 3.13. The van der Waals surface area contributed by atoms with E-state index in [0.29, 0.717) is 19.5 Å². The summed E-state index contributed by atoms with van der Waals surface area (Å²) in [5, 5.41) is 0. The van der Waals surface area contributed by atoms with Gasteiger partial charge in [0, 0.05) is 20.1 Å². The molecule has 0 aromatic heterocycles. The lowest BCUT2D eigenvalue weighted by atomic mass is 10.2. The van der Waals surface area contributed by atoms with Crippen molar-refractivity contribution in [2.24, 2.45) is 0 Å². The zero-order chi connectivity index (χ0) is 16.9. The largest absolute Gasteiger partial charge is 0.444 e. The van der Waals surface area contributed by atoms with Crippen molar-refractivity contribution in [1.82, 2.24) is 14.7 Å². The minimum Gasteiger partial charge on any atom is -0.444 e. The molecule has 0 aromatic carbocycles. The highest BCUT2D eigenvalue weighted by molar-refractivity contribution is 5.90. The summed E-state index contributed by atoms with van der Waals surface area (Å²) >= 11 is 0. The molecule has 0 radical (unpaired) electrons. The topological polar surface area (TPSA) is 70.2 Å². The summed E-state index contributed by atoms with van der Waals surface area (Å²) in [6, 6.07) is 0. The lowest BCUT2D eigenvalue weighted by molar-refractivity contribution is -0.139. The number of rotatable bonds is 3. The predicted octanol–water partition coefficient (Wildman–Crippen LogP) is 1.06. The minimum atomic E-state index is -0.569. The fraction of sp³-hybridized carbons (Fsp3) is 0.667. The molecule has 0 spiro atoms. The molecule has 1 aliphatic rings. The highest BCUT2D eigenvalue weighted by Gasteiger charge is 2.29. The van der Waals surface area contributed by atoms with Gasteiger partial charge in [0.15, 0.2) is 0 Å². The lowest BCUT2D eigenvalue weighted by Gasteiger charge is -2.36. The van der Waals surface area contributed by atoms with Crippen LogP contribution in [-0.2, 0) is 14.3 Å². The van der Waals surface area contributed by atoms with Gasteiger partial charge in [0.25, 0.3) is 0 Å². The molecule has 7 heteroatoms. The first-order valence-electron chi connectivity index (χ1n) is 7.27. The number of carbonyl (C=O) groups excluding carboxylic acids is 3. The SMILES string of the molecule is C=CC(=O)N(C)CC(=O)N1CCCN(C(=O)OC(C)(C)C)C1. The van der Waals surface area contributed by atoms with Gasteiger partial charge >= 0.3 is 6.09 Å². The normalized spacial score (nSPS) is 15.3. The van der Waals surface area contributed by atoms with E-state index in [1.807, 2.05) is 0 Å². The zero-order valence-corrected chi connectivity index (χ0v) is 13.8. The van der Waals surface area contributed by atoms with Gasteiger partial charge in [-0.25, -0.2) is 4.79 Å². The van der Waals surface area contributed by atoms with E-state index in [2.05, 4.69) is 6.58 Å². The molecular formula is C15H25N3O4. The first-order chi connectivity index (χ1) is 10.1. The van der Waals surface area contributed by atoms with Gasteiger partial charge < -0.3 is 14.5 Å². The van der Waals surface area contributed by atoms with E-state index in [4.69, 9.17) is 4.74 Å². The second-order valence-electron chi connectivity index (χ2n) is 6.29. The van der Waals surface area contributed by atoms with Gasteiger partial charge in [-0.3, -0.25) is 14.5 Å². The van der Waals surface area contributed by atoms with E-state index in [-0.39, 0.29) is 25.0 Å². The molecular weight excluding hydrogens is 286 g/mol. The maximum absolute atomic E-state index is 12.2. The van der Waals surface area contributed by atoms with Gasteiger partial charge in [-0.05, 0) is 33.3 Å². The first kappa shape index (κ1) is 18.0. The van der Waals surface area contributed by atoms with E-state index in [1.54, 1.807) is 25.7 Å². The fourth-order valence-corrected chi connectivity index (χ4v) is 2.02. The Morgan fingerprint density at radius 1 is 1.23 bits per heavy atom. The van der Waals surface area contributed by atoms with Gasteiger partial charge in [-0.2, -0.15) is 0 Å². The van der Waals surface area contributed by atoms with Crippen molar-refractivity contribution in [2.75, 3.05) is 33.4 Å². The number of hydrogen-bond acceptors (Lipinski definition) is 4. The molecule has 0 aliphatic carbocycles.